The van der Waals surface area contributed by atoms with E-state index in [4.69, 9.17) is 23.2 Å². The van der Waals surface area contributed by atoms with E-state index >= 15 is 0 Å². The van der Waals surface area contributed by atoms with E-state index in [9.17, 15) is 14.4 Å². The molecule has 7 nitrogen and oxygen atoms in total. The zero-order valence-electron chi connectivity index (χ0n) is 12.8. The van der Waals surface area contributed by atoms with E-state index in [-0.39, 0.29) is 21.2 Å². The molecular weight excluding hydrogens is 399 g/mol. The van der Waals surface area contributed by atoms with E-state index in [0.717, 1.165) is 16.6 Å². The molecule has 1 aliphatic rings. The molecule has 10 heteroatoms. The van der Waals surface area contributed by atoms with Gasteiger partial charge in [0.1, 0.15) is 17.6 Å². The maximum atomic E-state index is 12.4. The Morgan fingerprint density at radius 3 is 2.38 bits per heavy atom. The van der Waals surface area contributed by atoms with Crippen LogP contribution in [0.3, 0.4) is 0 Å². The van der Waals surface area contributed by atoms with E-state index in [1.54, 1.807) is 18.2 Å². The van der Waals surface area contributed by atoms with Crippen molar-refractivity contribution in [2.75, 3.05) is 11.9 Å². The molecule has 4 rings (SSSR count). The highest BCUT2D eigenvalue weighted by atomic mass is 35.5. The third-order valence-electron chi connectivity index (χ3n) is 3.87. The molecule has 1 aromatic heterocycles. The lowest BCUT2D eigenvalue weighted by Gasteiger charge is -2.13. The first-order chi connectivity index (χ1) is 12.5. The Kier molecular flexibility index (Phi) is 4.10. The van der Waals surface area contributed by atoms with Gasteiger partial charge in [-0.05, 0) is 24.3 Å². The lowest BCUT2D eigenvalue weighted by atomic mass is 10.1. The van der Waals surface area contributed by atoms with E-state index < -0.39 is 24.3 Å². The van der Waals surface area contributed by atoms with Crippen molar-refractivity contribution in [2.24, 2.45) is 0 Å². The second-order valence-corrected chi connectivity index (χ2v) is 6.84. The molecule has 0 spiro atoms. The van der Waals surface area contributed by atoms with Gasteiger partial charge in [0.15, 0.2) is 0 Å². The lowest BCUT2D eigenvalue weighted by molar-refractivity contribution is -0.116. The number of imide groups is 1. The maximum Gasteiger partial charge on any atom is 0.262 e. The molecule has 0 bridgehead atoms. The Balaban J connectivity index is 1.56. The highest BCUT2D eigenvalue weighted by Crippen LogP contribution is 2.31. The van der Waals surface area contributed by atoms with Gasteiger partial charge in [-0.15, -0.1) is 0 Å². The number of benzene rings is 2. The molecule has 0 atom stereocenters. The number of nitrogens with one attached hydrogen (secondary N) is 1. The summed E-state index contributed by atoms with van der Waals surface area (Å²) < 4.78 is 8.22. The highest BCUT2D eigenvalue weighted by Gasteiger charge is 2.37. The van der Waals surface area contributed by atoms with Gasteiger partial charge in [0.25, 0.3) is 11.8 Å². The van der Waals surface area contributed by atoms with Crippen LogP contribution in [-0.4, -0.2) is 37.9 Å². The summed E-state index contributed by atoms with van der Waals surface area (Å²) in [6.07, 6.45) is 0. The zero-order valence-corrected chi connectivity index (χ0v) is 15.2. The first-order valence-corrected chi connectivity index (χ1v) is 8.80. The third-order valence-corrected chi connectivity index (χ3v) is 5.14. The minimum Gasteiger partial charge on any atom is -0.323 e. The molecular formula is C16H8Cl2N4O3S. The summed E-state index contributed by atoms with van der Waals surface area (Å²) in [4.78, 5) is 38.1. The average Bonchev–Trinajstić information content (AvgIpc) is 3.17. The molecule has 26 heavy (non-hydrogen) atoms. The Hall–Kier alpha value is -2.55. The fraction of sp³-hybridized carbons (Fsp3) is 0.0625. The summed E-state index contributed by atoms with van der Waals surface area (Å²) in [7, 11) is 0. The summed E-state index contributed by atoms with van der Waals surface area (Å²) in [5.74, 6) is -1.71. The number of fused-ring (bicyclic) bond motifs is 2. The summed E-state index contributed by atoms with van der Waals surface area (Å²) in [5.41, 5.74) is 1.92. The lowest BCUT2D eigenvalue weighted by Crippen LogP contribution is -2.37. The van der Waals surface area contributed by atoms with Gasteiger partial charge < -0.3 is 5.32 Å². The molecule has 130 valence electrons. The summed E-state index contributed by atoms with van der Waals surface area (Å²) in [6, 6.07) is 7.83. The number of amides is 3. The van der Waals surface area contributed by atoms with Crippen molar-refractivity contribution in [3.05, 3.63) is 51.5 Å². The predicted molar refractivity (Wildman–Crippen MR) is 97.9 cm³/mol. The van der Waals surface area contributed by atoms with Gasteiger partial charge in [0.2, 0.25) is 5.91 Å². The van der Waals surface area contributed by atoms with E-state index in [0.29, 0.717) is 16.7 Å². The average molecular weight is 407 g/mol. The first kappa shape index (κ1) is 16.9. The molecule has 0 radical (unpaired) electrons. The minimum atomic E-state index is -0.591. The normalized spacial score (nSPS) is 13.4. The largest absolute Gasteiger partial charge is 0.323 e. The number of nitrogens with zero attached hydrogens (tertiary/aromatic N) is 3. The quantitative estimate of drug-likeness (QED) is 0.673. The van der Waals surface area contributed by atoms with Gasteiger partial charge in [-0.3, -0.25) is 19.3 Å². The van der Waals surface area contributed by atoms with Crippen molar-refractivity contribution in [2.45, 2.75) is 0 Å². The molecule has 0 saturated carbocycles. The molecule has 0 fully saturated rings. The molecule has 3 amide bonds. The smallest absolute Gasteiger partial charge is 0.262 e. The van der Waals surface area contributed by atoms with Crippen molar-refractivity contribution >= 4 is 69.4 Å². The number of carbonyl (C=O) groups excluding carboxylic acids is 3. The van der Waals surface area contributed by atoms with E-state index in [1.807, 2.05) is 0 Å². The number of anilines is 1. The zero-order chi connectivity index (χ0) is 18.4. The number of hydrogen-bond acceptors (Lipinski definition) is 6. The second-order valence-electron chi connectivity index (χ2n) is 5.49. The highest BCUT2D eigenvalue weighted by molar-refractivity contribution is 7.00. The molecule has 2 heterocycles. The van der Waals surface area contributed by atoms with Crippen LogP contribution in [0.25, 0.3) is 11.0 Å². The fourth-order valence-corrected chi connectivity index (χ4v) is 3.54. The van der Waals surface area contributed by atoms with Crippen molar-refractivity contribution < 1.29 is 14.4 Å². The van der Waals surface area contributed by atoms with Crippen molar-refractivity contribution in [1.29, 1.82) is 0 Å². The van der Waals surface area contributed by atoms with Crippen molar-refractivity contribution in [3.63, 3.8) is 0 Å². The van der Waals surface area contributed by atoms with Crippen LogP contribution in [0.5, 0.6) is 0 Å². The molecule has 2 aromatic carbocycles. The van der Waals surface area contributed by atoms with Crippen LogP contribution in [0.4, 0.5) is 5.69 Å². The third kappa shape index (κ3) is 2.72. The van der Waals surface area contributed by atoms with Gasteiger partial charge in [0, 0.05) is 0 Å². The standard InChI is InChI=1S/C16H8Cl2N4O3S/c17-9-4-7-8(5-10(9)18)16(25)22(15(7)24)6-13(23)19-11-2-1-3-12-14(11)21-26-20-12/h1-5H,6H2,(H,19,23). The second kappa shape index (κ2) is 6.31. The number of aromatic nitrogens is 2. The van der Waals surface area contributed by atoms with Crippen LogP contribution in [0.1, 0.15) is 20.7 Å². The van der Waals surface area contributed by atoms with Crippen LogP contribution in [0.2, 0.25) is 10.0 Å². The molecule has 0 saturated heterocycles. The maximum absolute atomic E-state index is 12.4. The Bertz CT molecular complexity index is 1060. The minimum absolute atomic E-state index is 0.128. The fourth-order valence-electron chi connectivity index (χ4n) is 2.67. The van der Waals surface area contributed by atoms with Gasteiger partial charge in [-0.1, -0.05) is 29.3 Å². The van der Waals surface area contributed by atoms with Crippen LogP contribution in [0, 0.1) is 0 Å². The van der Waals surface area contributed by atoms with Crippen LogP contribution in [-0.2, 0) is 4.79 Å². The Labute approximate surface area is 160 Å². The topological polar surface area (TPSA) is 92.3 Å². The Morgan fingerprint density at radius 1 is 1.08 bits per heavy atom. The first-order valence-electron chi connectivity index (χ1n) is 7.32. The van der Waals surface area contributed by atoms with Crippen LogP contribution in [0.15, 0.2) is 30.3 Å². The summed E-state index contributed by atoms with van der Waals surface area (Å²) in [6.45, 7) is -0.435. The molecule has 1 aliphatic heterocycles. The van der Waals surface area contributed by atoms with Crippen molar-refractivity contribution in [1.82, 2.24) is 13.6 Å². The Morgan fingerprint density at radius 2 is 1.73 bits per heavy atom. The number of carbonyl (C=O) groups is 3. The van der Waals surface area contributed by atoms with Crippen molar-refractivity contribution in [3.8, 4) is 0 Å². The number of rotatable bonds is 3. The van der Waals surface area contributed by atoms with Gasteiger partial charge >= 0.3 is 0 Å². The molecule has 3 aromatic rings. The molecule has 0 aliphatic carbocycles. The number of hydrogen-bond donors (Lipinski definition) is 1. The monoisotopic (exact) mass is 406 g/mol. The van der Waals surface area contributed by atoms with Crippen LogP contribution < -0.4 is 5.32 Å². The van der Waals surface area contributed by atoms with E-state index in [1.165, 1.54) is 12.1 Å². The van der Waals surface area contributed by atoms with Gasteiger partial charge in [-0.25, -0.2) is 0 Å². The number of halogens is 2. The van der Waals surface area contributed by atoms with Crippen LogP contribution >= 0.6 is 34.9 Å². The summed E-state index contributed by atoms with van der Waals surface area (Å²) >= 11 is 12.8. The predicted octanol–water partition coefficient (Wildman–Crippen LogP) is 3.23. The molecule has 0 unspecified atom stereocenters. The summed E-state index contributed by atoms with van der Waals surface area (Å²) in [5, 5.41) is 2.99. The molecule has 1 N–H and O–H groups in total. The van der Waals surface area contributed by atoms with Gasteiger partial charge in [0.05, 0.1) is 38.6 Å². The van der Waals surface area contributed by atoms with Gasteiger partial charge in [-0.2, -0.15) is 8.75 Å². The SMILES string of the molecule is O=C(CN1C(=O)c2cc(Cl)c(Cl)cc2C1=O)Nc1cccc2nsnc12. The van der Waals surface area contributed by atoms with E-state index in [2.05, 4.69) is 14.1 Å².